The van der Waals surface area contributed by atoms with Crippen LogP contribution in [0.15, 0.2) is 41.4 Å². The molecule has 1 aliphatic rings. The molecule has 2 amide bonds. The summed E-state index contributed by atoms with van der Waals surface area (Å²) in [6.07, 6.45) is 12.9. The molecule has 0 aliphatic carbocycles. The van der Waals surface area contributed by atoms with E-state index < -0.39 is 12.1 Å². The van der Waals surface area contributed by atoms with Crippen molar-refractivity contribution in [3.05, 3.63) is 58.5 Å². The number of rotatable bonds is 8. The number of fused-ring (bicyclic) bond motifs is 1. The van der Waals surface area contributed by atoms with Gasteiger partial charge in [-0.05, 0) is 66.2 Å². The summed E-state index contributed by atoms with van der Waals surface area (Å²) in [6, 6.07) is 4.01. The van der Waals surface area contributed by atoms with Crippen molar-refractivity contribution in [2.45, 2.75) is 65.6 Å². The number of pyridine rings is 2. The maximum atomic E-state index is 14.0. The van der Waals surface area contributed by atoms with Crippen LogP contribution in [0.2, 0.25) is 0 Å². The van der Waals surface area contributed by atoms with Crippen LogP contribution in [0.3, 0.4) is 0 Å². The molecule has 0 radical (unpaired) electrons. The lowest BCUT2D eigenvalue weighted by Gasteiger charge is -2.28. The van der Waals surface area contributed by atoms with E-state index >= 15 is 0 Å². The Hall–Kier alpha value is -4.50. The molecule has 1 fully saturated rings. The van der Waals surface area contributed by atoms with Crippen molar-refractivity contribution in [3.8, 4) is 23.6 Å². The number of anilines is 1. The molecule has 0 saturated carbocycles. The Bertz CT molecular complexity index is 1760. The Labute approximate surface area is 257 Å². The molecule has 43 heavy (non-hydrogen) atoms. The molecule has 3 atom stereocenters. The zero-order valence-electron chi connectivity index (χ0n) is 24.3. The summed E-state index contributed by atoms with van der Waals surface area (Å²) in [7, 11) is 0. The number of hydrogen-bond donors (Lipinski definition) is 1. The van der Waals surface area contributed by atoms with Crippen molar-refractivity contribution in [1.82, 2.24) is 34.6 Å². The van der Waals surface area contributed by atoms with Crippen LogP contribution in [0.5, 0.6) is 0 Å². The van der Waals surface area contributed by atoms with E-state index in [4.69, 9.17) is 6.42 Å². The highest BCUT2D eigenvalue weighted by atomic mass is 79.9. The predicted molar refractivity (Wildman–Crippen MR) is 165 cm³/mol. The highest BCUT2D eigenvalue weighted by Crippen LogP contribution is 2.35. The Morgan fingerprint density at radius 3 is 2.56 bits per heavy atom. The van der Waals surface area contributed by atoms with Crippen LogP contribution < -0.4 is 5.32 Å². The summed E-state index contributed by atoms with van der Waals surface area (Å²) in [5.74, 6) is 2.77. The zero-order chi connectivity index (χ0) is 30.8. The van der Waals surface area contributed by atoms with Gasteiger partial charge in [0.05, 0.1) is 23.4 Å². The Kier molecular flexibility index (Phi) is 8.64. The van der Waals surface area contributed by atoms with E-state index in [1.807, 2.05) is 19.9 Å². The van der Waals surface area contributed by atoms with Crippen molar-refractivity contribution < 1.29 is 14.4 Å². The fourth-order valence-corrected chi connectivity index (χ4v) is 5.86. The van der Waals surface area contributed by atoms with Gasteiger partial charge in [-0.25, -0.2) is 15.0 Å². The van der Waals surface area contributed by atoms with Gasteiger partial charge in [0.1, 0.15) is 34.5 Å². The second-order valence-corrected chi connectivity index (χ2v) is 11.5. The predicted octanol–water partition coefficient (Wildman–Crippen LogP) is 4.52. The molecule has 12 heteroatoms. The Morgan fingerprint density at radius 2 is 1.88 bits per heavy atom. The van der Waals surface area contributed by atoms with Gasteiger partial charge in [-0.2, -0.15) is 5.10 Å². The quantitative estimate of drug-likeness (QED) is 0.168. The number of hydrogen-bond acceptors (Lipinski definition) is 8. The lowest BCUT2D eigenvalue weighted by molar-refractivity contribution is -0.138. The number of nitrogens with one attached hydrogen (secondary N) is 1. The molecular weight excluding hydrogens is 612 g/mol. The molecule has 4 aromatic rings. The van der Waals surface area contributed by atoms with Gasteiger partial charge < -0.3 is 10.2 Å². The Morgan fingerprint density at radius 1 is 1.14 bits per heavy atom. The van der Waals surface area contributed by atoms with Gasteiger partial charge in [0, 0.05) is 30.3 Å². The van der Waals surface area contributed by atoms with Crippen molar-refractivity contribution in [2.75, 3.05) is 5.32 Å². The highest BCUT2D eigenvalue weighted by molar-refractivity contribution is 9.10. The minimum atomic E-state index is -0.800. The van der Waals surface area contributed by atoms with Crippen LogP contribution in [-0.4, -0.2) is 64.3 Å². The van der Waals surface area contributed by atoms with Gasteiger partial charge in [0.2, 0.25) is 11.8 Å². The van der Waals surface area contributed by atoms with Gasteiger partial charge in [0.25, 0.3) is 0 Å². The van der Waals surface area contributed by atoms with Gasteiger partial charge in [-0.15, -0.1) is 6.42 Å². The number of ketones is 1. The SMILES string of the molecule is C#C[C@@H]1[C@@H](CCC)C[C@@H](C(=O)Nc2nc(Br)ccc2C)N1C(=O)Cn1nc(C(C)=O)c2cc(-c3cnc(C)nc3)ncc21. The molecule has 0 aromatic carbocycles. The average Bonchev–Trinajstić information content (AvgIpc) is 3.53. The van der Waals surface area contributed by atoms with Gasteiger partial charge >= 0.3 is 0 Å². The first-order chi connectivity index (χ1) is 20.6. The van der Waals surface area contributed by atoms with E-state index in [0.717, 1.165) is 18.4 Å². The standard InChI is InChI=1S/C31H31BrN8O3/c1-6-8-20-11-25(31(43)37-30-17(3)9-10-27(32)36-30)40(24(20)7-2)28(42)16-39-26-15-35-23(21-13-33-19(5)34-14-21)12-22(26)29(38-39)18(4)41/h2,9-10,12-15,20,24-25H,6,8,11,16H2,1,3-5H3,(H,36,37,43)/t20-,24+,25-/m0/s1. The van der Waals surface area contributed by atoms with Crippen LogP contribution in [-0.2, 0) is 16.1 Å². The number of aromatic nitrogens is 6. The molecule has 220 valence electrons. The van der Waals surface area contributed by atoms with Crippen molar-refractivity contribution in [2.24, 2.45) is 5.92 Å². The summed E-state index contributed by atoms with van der Waals surface area (Å²) < 4.78 is 2.03. The zero-order valence-corrected chi connectivity index (χ0v) is 25.9. The van der Waals surface area contributed by atoms with E-state index in [1.54, 1.807) is 37.6 Å². The summed E-state index contributed by atoms with van der Waals surface area (Å²) in [5, 5.41) is 7.94. The third-order valence-corrected chi connectivity index (χ3v) is 8.11. The summed E-state index contributed by atoms with van der Waals surface area (Å²) in [6.45, 7) is 6.87. The van der Waals surface area contributed by atoms with Crippen LogP contribution in [0.25, 0.3) is 22.2 Å². The first-order valence-electron chi connectivity index (χ1n) is 14.0. The number of aryl methyl sites for hydroxylation is 2. The van der Waals surface area contributed by atoms with E-state index in [0.29, 0.717) is 44.8 Å². The maximum Gasteiger partial charge on any atom is 0.248 e. The molecule has 1 aliphatic heterocycles. The number of carbonyl (C=O) groups excluding carboxylic acids is 3. The minimum absolute atomic E-state index is 0.0469. The monoisotopic (exact) mass is 642 g/mol. The van der Waals surface area contributed by atoms with Crippen LogP contribution in [0.4, 0.5) is 5.82 Å². The van der Waals surface area contributed by atoms with Crippen LogP contribution in [0.1, 0.15) is 55.0 Å². The van der Waals surface area contributed by atoms with Crippen molar-refractivity contribution >= 4 is 50.2 Å². The first-order valence-corrected chi connectivity index (χ1v) is 14.8. The number of likely N-dealkylation sites (tertiary alicyclic amines) is 1. The smallest absolute Gasteiger partial charge is 0.248 e. The topological polar surface area (TPSA) is 136 Å². The van der Waals surface area contributed by atoms with Crippen LogP contribution >= 0.6 is 15.9 Å². The van der Waals surface area contributed by atoms with E-state index in [1.165, 1.54) is 16.5 Å². The normalized spacial score (nSPS) is 18.0. The van der Waals surface area contributed by atoms with Gasteiger partial charge in [-0.1, -0.05) is 25.3 Å². The maximum absolute atomic E-state index is 14.0. The Balaban J connectivity index is 1.48. The number of amides is 2. The highest BCUT2D eigenvalue weighted by Gasteiger charge is 2.46. The molecule has 5 rings (SSSR count). The number of carbonyl (C=O) groups is 3. The van der Waals surface area contributed by atoms with Gasteiger partial charge in [-0.3, -0.25) is 24.0 Å². The van der Waals surface area contributed by atoms with Gasteiger partial charge in [0.15, 0.2) is 5.78 Å². The number of Topliss-reactive ketones (excluding diaryl/α,β-unsaturated/α-hetero) is 1. The fraction of sp³-hybridized carbons (Fsp3) is 0.355. The molecule has 4 aromatic heterocycles. The largest absolute Gasteiger partial charge is 0.315 e. The third-order valence-electron chi connectivity index (χ3n) is 7.67. The summed E-state index contributed by atoms with van der Waals surface area (Å²) in [5.41, 5.74) is 2.76. The lowest BCUT2D eigenvalue weighted by atomic mass is 9.94. The molecule has 1 N–H and O–H groups in total. The minimum Gasteiger partial charge on any atom is -0.315 e. The molecule has 5 heterocycles. The summed E-state index contributed by atoms with van der Waals surface area (Å²) >= 11 is 3.35. The van der Waals surface area contributed by atoms with Crippen molar-refractivity contribution in [1.29, 1.82) is 0 Å². The van der Waals surface area contributed by atoms with Crippen LogP contribution in [0, 0.1) is 32.1 Å². The lowest BCUT2D eigenvalue weighted by Crippen LogP contribution is -2.48. The van der Waals surface area contributed by atoms with E-state index in [9.17, 15) is 14.4 Å². The average molecular weight is 644 g/mol. The second kappa shape index (κ2) is 12.4. The summed E-state index contributed by atoms with van der Waals surface area (Å²) in [4.78, 5) is 59.1. The second-order valence-electron chi connectivity index (χ2n) is 10.7. The molecular formula is C31H31BrN8O3. The van der Waals surface area contributed by atoms with E-state index in [2.05, 4.69) is 52.2 Å². The molecule has 0 bridgehead atoms. The van der Waals surface area contributed by atoms with Crippen molar-refractivity contribution in [3.63, 3.8) is 0 Å². The molecule has 1 saturated heterocycles. The number of nitrogens with zero attached hydrogens (tertiary/aromatic N) is 7. The fourth-order valence-electron chi connectivity index (χ4n) is 5.55. The molecule has 0 unspecified atom stereocenters. The molecule has 0 spiro atoms. The van der Waals surface area contributed by atoms with E-state index in [-0.39, 0.29) is 35.8 Å². The molecule has 11 nitrogen and oxygen atoms in total. The third kappa shape index (κ3) is 6.03. The number of halogens is 1. The number of terminal acetylenes is 1. The first kappa shape index (κ1) is 30.0.